The molecule has 3 aliphatic heterocycles. The molecule has 1 aliphatic carbocycles. The normalized spacial score (nSPS) is 52.9. The van der Waals surface area contributed by atoms with Crippen molar-refractivity contribution < 1.29 is 43.4 Å². The number of alkyl halides is 1. The maximum Gasteiger partial charge on any atom is 0.189 e. The molecule has 12 N–H and O–H groups in total. The Kier molecular flexibility index (Phi) is 9.43. The van der Waals surface area contributed by atoms with Crippen molar-refractivity contribution in [1.29, 1.82) is 0 Å². The molecule has 214 valence electrons. The highest BCUT2D eigenvalue weighted by atomic mass is 19.1. The number of nitroso groups, excluding NO2 is 1. The number of hydrogen-bond acceptors (Lipinski definition) is 15. The Morgan fingerprint density at radius 2 is 1.70 bits per heavy atom. The molecule has 0 amide bonds. The molecule has 16 heteroatoms. The minimum Gasteiger partial charge on any atom is -0.394 e. The summed E-state index contributed by atoms with van der Waals surface area (Å²) in [7, 11) is 1.54. The number of nitrogens with two attached hydrogens (primary N) is 4. The first kappa shape index (κ1) is 29.0. The quantitative estimate of drug-likeness (QED) is 0.143. The van der Waals surface area contributed by atoms with Crippen molar-refractivity contribution in [2.75, 3.05) is 13.7 Å². The molecular formula is C21H39FN6O9. The van der Waals surface area contributed by atoms with Gasteiger partial charge in [-0.1, -0.05) is 5.18 Å². The molecule has 0 bridgehead atoms. The number of aliphatic hydroxyl groups is 3. The lowest BCUT2D eigenvalue weighted by molar-refractivity contribution is -0.361. The first-order chi connectivity index (χ1) is 17.6. The van der Waals surface area contributed by atoms with Crippen molar-refractivity contribution in [2.24, 2.45) is 28.1 Å². The molecule has 1 saturated carbocycles. The second kappa shape index (κ2) is 12.0. The Morgan fingerprint density at radius 3 is 2.32 bits per heavy atom. The third kappa shape index (κ3) is 5.81. The third-order valence-corrected chi connectivity index (χ3v) is 7.66. The lowest BCUT2D eigenvalue weighted by Crippen LogP contribution is -2.69. The van der Waals surface area contributed by atoms with Gasteiger partial charge >= 0.3 is 0 Å². The average molecular weight is 539 g/mol. The highest BCUT2D eigenvalue weighted by Gasteiger charge is 2.55. The van der Waals surface area contributed by atoms with E-state index < -0.39 is 98.5 Å². The monoisotopic (exact) mass is 538 g/mol. The van der Waals surface area contributed by atoms with Gasteiger partial charge in [-0.2, -0.15) is 4.91 Å². The first-order valence-electron chi connectivity index (χ1n) is 12.5. The van der Waals surface area contributed by atoms with Gasteiger partial charge in [0, 0.05) is 12.1 Å². The van der Waals surface area contributed by atoms with Crippen LogP contribution in [0.15, 0.2) is 5.18 Å². The molecule has 9 unspecified atom stereocenters. The number of nitrogens with zero attached hydrogens (tertiary/aromatic N) is 1. The molecule has 15 nitrogen and oxygen atoms in total. The SMILES string of the molecule is CN[C@@H]1C(O[C@H]2OC(CO)[C@@H](N)C(O)C2O)O[C@H]2CC(N)[C@@H](O[C@@H]3C(N)C[C@@H](N)CC3F)OC2C1N=O. The van der Waals surface area contributed by atoms with Crippen LogP contribution >= 0.6 is 0 Å². The van der Waals surface area contributed by atoms with Gasteiger partial charge in [-0.3, -0.25) is 0 Å². The molecule has 37 heavy (non-hydrogen) atoms. The van der Waals surface area contributed by atoms with Crippen LogP contribution < -0.4 is 28.3 Å². The van der Waals surface area contributed by atoms with E-state index >= 15 is 0 Å². The molecular weight excluding hydrogens is 499 g/mol. The van der Waals surface area contributed by atoms with Crippen LogP contribution in [0.5, 0.6) is 0 Å². The van der Waals surface area contributed by atoms with Gasteiger partial charge < -0.3 is 67.3 Å². The molecule has 0 aromatic heterocycles. The van der Waals surface area contributed by atoms with Gasteiger partial charge in [0.1, 0.15) is 42.7 Å². The maximum absolute atomic E-state index is 14.7. The summed E-state index contributed by atoms with van der Waals surface area (Å²) >= 11 is 0. The number of fused-ring (bicyclic) bond motifs is 1. The topological polar surface area (TPSA) is 252 Å². The Hall–Kier alpha value is -0.990. The van der Waals surface area contributed by atoms with Crippen molar-refractivity contribution in [3.63, 3.8) is 0 Å². The highest BCUT2D eigenvalue weighted by Crippen LogP contribution is 2.36. The molecule has 0 aromatic rings. The van der Waals surface area contributed by atoms with Crippen LogP contribution in [-0.2, 0) is 23.7 Å². The van der Waals surface area contributed by atoms with Gasteiger partial charge in [-0.05, 0) is 26.3 Å². The van der Waals surface area contributed by atoms with Crippen LogP contribution in [0, 0.1) is 4.91 Å². The van der Waals surface area contributed by atoms with Crippen molar-refractivity contribution in [1.82, 2.24) is 5.32 Å². The minimum atomic E-state index is -1.55. The maximum atomic E-state index is 14.7. The van der Waals surface area contributed by atoms with Crippen molar-refractivity contribution in [2.45, 2.75) is 117 Å². The zero-order valence-electron chi connectivity index (χ0n) is 20.5. The van der Waals surface area contributed by atoms with E-state index in [0.717, 1.165) is 0 Å². The predicted molar refractivity (Wildman–Crippen MR) is 124 cm³/mol. The summed E-state index contributed by atoms with van der Waals surface area (Å²) < 4.78 is 43.9. The highest BCUT2D eigenvalue weighted by molar-refractivity contribution is 5.03. The minimum absolute atomic E-state index is 0.0979. The fourth-order valence-electron chi connectivity index (χ4n) is 5.57. The lowest BCUT2D eigenvalue weighted by atomic mass is 9.87. The zero-order chi connectivity index (χ0) is 27.0. The lowest BCUT2D eigenvalue weighted by Gasteiger charge is -2.50. The molecule has 4 fully saturated rings. The average Bonchev–Trinajstić information content (AvgIpc) is 2.85. The van der Waals surface area contributed by atoms with Crippen LogP contribution in [0.2, 0.25) is 0 Å². The second-order valence-corrected chi connectivity index (χ2v) is 10.3. The van der Waals surface area contributed by atoms with Gasteiger partial charge in [-0.25, -0.2) is 4.39 Å². The van der Waals surface area contributed by atoms with Gasteiger partial charge in [0.05, 0.1) is 30.8 Å². The van der Waals surface area contributed by atoms with Crippen LogP contribution in [0.25, 0.3) is 0 Å². The fraction of sp³-hybridized carbons (Fsp3) is 1.00. The number of hydrogen-bond donors (Lipinski definition) is 8. The smallest absolute Gasteiger partial charge is 0.189 e. The van der Waals surface area contributed by atoms with E-state index in [9.17, 15) is 24.6 Å². The summed E-state index contributed by atoms with van der Waals surface area (Å²) in [5, 5.41) is 36.3. The van der Waals surface area contributed by atoms with Crippen molar-refractivity contribution in [3.8, 4) is 0 Å². The second-order valence-electron chi connectivity index (χ2n) is 10.3. The summed E-state index contributed by atoms with van der Waals surface area (Å²) in [4.78, 5) is 12.0. The largest absolute Gasteiger partial charge is 0.394 e. The molecule has 4 aliphatic rings. The molecule has 16 atom stereocenters. The van der Waals surface area contributed by atoms with Crippen LogP contribution in [-0.4, -0.2) is 127 Å². The molecule has 0 radical (unpaired) electrons. The number of nitrogens with one attached hydrogen (secondary N) is 1. The van der Waals surface area contributed by atoms with E-state index in [-0.39, 0.29) is 18.9 Å². The first-order valence-corrected chi connectivity index (χ1v) is 12.5. The summed E-state index contributed by atoms with van der Waals surface area (Å²) in [6.07, 6.45) is -11.1. The van der Waals surface area contributed by atoms with Crippen LogP contribution in [0.1, 0.15) is 19.3 Å². The zero-order valence-corrected chi connectivity index (χ0v) is 20.5. The Morgan fingerprint density at radius 1 is 0.973 bits per heavy atom. The van der Waals surface area contributed by atoms with Gasteiger partial charge in [0.2, 0.25) is 0 Å². The third-order valence-electron chi connectivity index (χ3n) is 7.66. The van der Waals surface area contributed by atoms with E-state index in [1.165, 1.54) is 0 Å². The van der Waals surface area contributed by atoms with E-state index in [0.29, 0.717) is 6.42 Å². The van der Waals surface area contributed by atoms with Crippen molar-refractivity contribution >= 4 is 0 Å². The molecule has 0 spiro atoms. The Labute approximate surface area is 213 Å². The van der Waals surface area contributed by atoms with Crippen LogP contribution in [0.4, 0.5) is 4.39 Å². The number of likely N-dealkylation sites (N-methyl/N-ethyl adjacent to an activating group) is 1. The molecule has 3 saturated heterocycles. The summed E-state index contributed by atoms with van der Waals surface area (Å²) in [5.74, 6) is 0. The van der Waals surface area contributed by atoms with E-state index in [2.05, 4.69) is 10.5 Å². The number of rotatable bonds is 7. The van der Waals surface area contributed by atoms with E-state index in [4.69, 9.17) is 46.6 Å². The van der Waals surface area contributed by atoms with Gasteiger partial charge in [-0.15, -0.1) is 0 Å². The predicted octanol–water partition coefficient (Wildman–Crippen LogP) is -4.17. The van der Waals surface area contributed by atoms with E-state index in [1.54, 1.807) is 7.05 Å². The van der Waals surface area contributed by atoms with Gasteiger partial charge in [0.15, 0.2) is 18.9 Å². The summed E-state index contributed by atoms with van der Waals surface area (Å²) in [5.41, 5.74) is 24.0. The van der Waals surface area contributed by atoms with Crippen LogP contribution in [0.3, 0.4) is 0 Å². The number of halogens is 1. The molecule has 3 heterocycles. The van der Waals surface area contributed by atoms with E-state index in [1.807, 2.05) is 0 Å². The fourth-order valence-corrected chi connectivity index (χ4v) is 5.57. The summed E-state index contributed by atoms with van der Waals surface area (Å²) in [6.45, 7) is -0.518. The van der Waals surface area contributed by atoms with Crippen molar-refractivity contribution in [3.05, 3.63) is 4.91 Å². The summed E-state index contributed by atoms with van der Waals surface area (Å²) in [6, 6.07) is -4.76. The molecule has 0 aromatic carbocycles. The Balaban J connectivity index is 1.46. The number of ether oxygens (including phenoxy) is 5. The Bertz CT molecular complexity index is 764. The standard InChI is InChI=1S/C21H39FN6O9/c1-27-14-13(28-32)18-10(33-20(14)37-21-16(31)15(30)12(26)11(5-29)34-21)4-9(25)19(36-18)35-17-7(22)2-6(23)3-8(17)24/h6-21,27,29-31H,2-5,23-26H2,1H3/t6-,7?,8?,9?,10-,11?,12+,13?,14-,15?,16?,17-,18?,19-,20?,21+/m0/s1. The van der Waals surface area contributed by atoms with Gasteiger partial charge in [0.25, 0.3) is 0 Å². The number of aliphatic hydroxyl groups excluding tert-OH is 3. The molecule has 4 rings (SSSR count).